The Morgan fingerprint density at radius 3 is 2.83 bits per heavy atom. The zero-order valence-corrected chi connectivity index (χ0v) is 12.8. The molecule has 0 aliphatic rings. The highest BCUT2D eigenvalue weighted by atomic mass is 32.1. The first-order valence-electron chi connectivity index (χ1n) is 7.01. The van der Waals surface area contributed by atoms with Gasteiger partial charge in [0, 0.05) is 11.1 Å². The van der Waals surface area contributed by atoms with Crippen LogP contribution in [0.15, 0.2) is 60.1 Å². The number of amides is 1. The van der Waals surface area contributed by atoms with E-state index in [4.69, 9.17) is 5.73 Å². The van der Waals surface area contributed by atoms with E-state index < -0.39 is 5.91 Å². The van der Waals surface area contributed by atoms with E-state index in [1.807, 2.05) is 46.4 Å². The third-order valence-electron chi connectivity index (χ3n) is 3.58. The lowest BCUT2D eigenvalue weighted by Crippen LogP contribution is -2.10. The third kappa shape index (κ3) is 2.39. The molecule has 23 heavy (non-hydrogen) atoms. The number of nitrogens with two attached hydrogens (primary N) is 1. The molecule has 2 N–H and O–H groups in total. The maximum absolute atomic E-state index is 11.4. The Hall–Kier alpha value is -2.99. The van der Waals surface area contributed by atoms with Crippen LogP contribution in [0.3, 0.4) is 0 Å². The zero-order valence-electron chi connectivity index (χ0n) is 12.0. The first kappa shape index (κ1) is 13.7. The summed E-state index contributed by atoms with van der Waals surface area (Å²) in [4.78, 5) is 16.8. The van der Waals surface area contributed by atoms with Gasteiger partial charge in [0.15, 0.2) is 5.65 Å². The van der Waals surface area contributed by atoms with Gasteiger partial charge in [-0.1, -0.05) is 18.2 Å². The molecule has 0 aliphatic carbocycles. The van der Waals surface area contributed by atoms with Gasteiger partial charge in [0.1, 0.15) is 5.69 Å². The summed E-state index contributed by atoms with van der Waals surface area (Å²) >= 11 is 1.64. The number of aromatic nitrogens is 3. The van der Waals surface area contributed by atoms with Crippen molar-refractivity contribution in [2.75, 3.05) is 0 Å². The fourth-order valence-electron chi connectivity index (χ4n) is 2.45. The number of thiophene rings is 1. The van der Waals surface area contributed by atoms with Gasteiger partial charge in [-0.05, 0) is 35.7 Å². The Kier molecular flexibility index (Phi) is 3.17. The topological polar surface area (TPSA) is 73.3 Å². The van der Waals surface area contributed by atoms with E-state index in [2.05, 4.69) is 10.1 Å². The number of primary amides is 1. The van der Waals surface area contributed by atoms with E-state index in [1.54, 1.807) is 29.5 Å². The Labute approximate surface area is 136 Å². The van der Waals surface area contributed by atoms with Crippen LogP contribution >= 0.6 is 11.3 Å². The van der Waals surface area contributed by atoms with Crippen LogP contribution in [-0.2, 0) is 0 Å². The number of carbonyl (C=O) groups excluding carboxylic acids is 1. The molecule has 0 bridgehead atoms. The van der Waals surface area contributed by atoms with E-state index in [-0.39, 0.29) is 0 Å². The van der Waals surface area contributed by atoms with Gasteiger partial charge in [-0.15, -0.1) is 11.3 Å². The highest BCUT2D eigenvalue weighted by Gasteiger charge is 2.10. The van der Waals surface area contributed by atoms with Crippen LogP contribution in [-0.4, -0.2) is 20.5 Å². The van der Waals surface area contributed by atoms with Crippen LogP contribution in [0.1, 0.15) is 10.4 Å². The number of imidazole rings is 1. The lowest BCUT2D eigenvalue weighted by Gasteiger charge is -2.05. The van der Waals surface area contributed by atoms with Crippen LogP contribution in [0.25, 0.3) is 27.5 Å². The maximum Gasteiger partial charge on any atom is 0.248 e. The van der Waals surface area contributed by atoms with E-state index >= 15 is 0 Å². The van der Waals surface area contributed by atoms with Crippen molar-refractivity contribution >= 4 is 22.9 Å². The molecule has 4 rings (SSSR count). The number of hydrogen-bond acceptors (Lipinski definition) is 4. The summed E-state index contributed by atoms with van der Waals surface area (Å²) in [5, 5.41) is 6.69. The van der Waals surface area contributed by atoms with Gasteiger partial charge in [0.25, 0.3) is 0 Å². The monoisotopic (exact) mass is 320 g/mol. The van der Waals surface area contributed by atoms with Crippen LogP contribution in [0.2, 0.25) is 0 Å². The standard InChI is InChI=1S/C17H12N4OS/c18-17(22)12-4-1-3-11(9-12)13-6-7-16-19-10-14(21(16)20-13)15-5-2-8-23-15/h1-10H,(H2,18,22). The third-order valence-corrected chi connectivity index (χ3v) is 4.47. The van der Waals surface area contributed by atoms with Crippen molar-refractivity contribution in [3.05, 3.63) is 65.7 Å². The molecule has 0 radical (unpaired) electrons. The molecule has 0 aliphatic heterocycles. The number of hydrogen-bond donors (Lipinski definition) is 1. The molecule has 6 heteroatoms. The number of fused-ring (bicyclic) bond motifs is 1. The van der Waals surface area contributed by atoms with Crippen LogP contribution in [0.5, 0.6) is 0 Å². The van der Waals surface area contributed by atoms with Crippen LogP contribution < -0.4 is 5.73 Å². The molecule has 0 unspecified atom stereocenters. The molecular formula is C17H12N4OS. The fourth-order valence-corrected chi connectivity index (χ4v) is 3.17. The molecule has 1 amide bonds. The van der Waals surface area contributed by atoms with Crippen molar-refractivity contribution in [1.82, 2.24) is 14.6 Å². The van der Waals surface area contributed by atoms with Crippen LogP contribution in [0.4, 0.5) is 0 Å². The molecule has 4 aromatic rings. The Morgan fingerprint density at radius 1 is 1.13 bits per heavy atom. The Balaban J connectivity index is 1.87. The lowest BCUT2D eigenvalue weighted by molar-refractivity contribution is 0.100. The second-order valence-electron chi connectivity index (χ2n) is 5.05. The SMILES string of the molecule is NC(=O)c1cccc(-c2ccc3ncc(-c4cccs4)n3n2)c1. The van der Waals surface area contributed by atoms with Gasteiger partial charge in [-0.2, -0.15) is 5.10 Å². The highest BCUT2D eigenvalue weighted by molar-refractivity contribution is 7.13. The molecule has 0 saturated carbocycles. The molecular weight excluding hydrogens is 308 g/mol. The molecule has 0 atom stereocenters. The molecule has 1 aromatic carbocycles. The summed E-state index contributed by atoms with van der Waals surface area (Å²) in [7, 11) is 0. The summed E-state index contributed by atoms with van der Waals surface area (Å²) in [6.45, 7) is 0. The second kappa shape index (κ2) is 5.33. The maximum atomic E-state index is 11.4. The molecule has 0 fully saturated rings. The van der Waals surface area contributed by atoms with Crippen LogP contribution in [0, 0.1) is 0 Å². The summed E-state index contributed by atoms with van der Waals surface area (Å²) in [5.41, 5.74) is 9.15. The van der Waals surface area contributed by atoms with E-state index in [1.165, 1.54) is 0 Å². The summed E-state index contributed by atoms with van der Waals surface area (Å²) in [6, 6.07) is 15.0. The number of carbonyl (C=O) groups is 1. The van der Waals surface area contributed by atoms with Crippen molar-refractivity contribution in [1.29, 1.82) is 0 Å². The predicted molar refractivity (Wildman–Crippen MR) is 90.3 cm³/mol. The van der Waals surface area contributed by atoms with Crippen molar-refractivity contribution in [3.63, 3.8) is 0 Å². The van der Waals surface area contributed by atoms with E-state index in [0.717, 1.165) is 27.5 Å². The van der Waals surface area contributed by atoms with Gasteiger partial charge < -0.3 is 5.73 Å². The smallest absolute Gasteiger partial charge is 0.248 e. The van der Waals surface area contributed by atoms with Crippen molar-refractivity contribution < 1.29 is 4.79 Å². The summed E-state index contributed by atoms with van der Waals surface area (Å²) in [6.07, 6.45) is 1.82. The molecule has 0 spiro atoms. The van der Waals surface area contributed by atoms with Gasteiger partial charge in [0.2, 0.25) is 5.91 Å². The average Bonchev–Trinajstić information content (AvgIpc) is 3.23. The van der Waals surface area contributed by atoms with E-state index in [0.29, 0.717) is 5.56 Å². The largest absolute Gasteiger partial charge is 0.366 e. The molecule has 3 aromatic heterocycles. The summed E-state index contributed by atoms with van der Waals surface area (Å²) in [5.74, 6) is -0.449. The molecule has 3 heterocycles. The average molecular weight is 320 g/mol. The predicted octanol–water partition coefficient (Wildman–Crippen LogP) is 3.22. The van der Waals surface area contributed by atoms with Crippen molar-refractivity contribution in [2.45, 2.75) is 0 Å². The first-order valence-corrected chi connectivity index (χ1v) is 7.89. The Bertz CT molecular complexity index is 1000. The molecule has 112 valence electrons. The molecule has 0 saturated heterocycles. The van der Waals surface area contributed by atoms with Gasteiger partial charge in [-0.3, -0.25) is 4.79 Å². The van der Waals surface area contributed by atoms with Gasteiger partial charge >= 0.3 is 0 Å². The second-order valence-corrected chi connectivity index (χ2v) is 6.00. The van der Waals surface area contributed by atoms with Gasteiger partial charge in [0.05, 0.1) is 16.8 Å². The normalized spacial score (nSPS) is 11.0. The lowest BCUT2D eigenvalue weighted by atomic mass is 10.1. The van der Waals surface area contributed by atoms with E-state index in [9.17, 15) is 4.79 Å². The van der Waals surface area contributed by atoms with Crippen molar-refractivity contribution in [2.24, 2.45) is 5.73 Å². The minimum atomic E-state index is -0.449. The first-order chi connectivity index (χ1) is 11.2. The number of benzene rings is 1. The zero-order chi connectivity index (χ0) is 15.8. The minimum absolute atomic E-state index is 0.449. The minimum Gasteiger partial charge on any atom is -0.366 e. The highest BCUT2D eigenvalue weighted by Crippen LogP contribution is 2.26. The molecule has 5 nitrogen and oxygen atoms in total. The summed E-state index contributed by atoms with van der Waals surface area (Å²) < 4.78 is 1.82. The van der Waals surface area contributed by atoms with Crippen molar-refractivity contribution in [3.8, 4) is 21.8 Å². The quantitative estimate of drug-likeness (QED) is 0.630. The fraction of sp³-hybridized carbons (Fsp3) is 0. The Morgan fingerprint density at radius 2 is 2.04 bits per heavy atom. The van der Waals surface area contributed by atoms with Gasteiger partial charge in [-0.25, -0.2) is 9.50 Å². The number of rotatable bonds is 3. The number of nitrogens with zero attached hydrogens (tertiary/aromatic N) is 3.